The van der Waals surface area contributed by atoms with Crippen molar-refractivity contribution in [2.75, 3.05) is 31.6 Å². The minimum absolute atomic E-state index is 0.0133. The van der Waals surface area contributed by atoms with Crippen LogP contribution >= 0.6 is 23.2 Å². The molecule has 1 amide bonds. The Balaban J connectivity index is 1.47. The van der Waals surface area contributed by atoms with E-state index in [2.05, 4.69) is 34.3 Å². The van der Waals surface area contributed by atoms with E-state index < -0.39 is 0 Å². The molecule has 3 N–H and O–H groups in total. The molecule has 32 heavy (non-hydrogen) atoms. The smallest absolute Gasteiger partial charge is 0.228 e. The van der Waals surface area contributed by atoms with Crippen LogP contribution in [-0.2, 0) is 4.79 Å². The summed E-state index contributed by atoms with van der Waals surface area (Å²) in [5, 5.41) is 21.8. The van der Waals surface area contributed by atoms with Crippen LogP contribution in [-0.4, -0.2) is 52.4 Å². The lowest BCUT2D eigenvalue weighted by Crippen LogP contribution is -2.43. The van der Waals surface area contributed by atoms with Gasteiger partial charge in [0.05, 0.1) is 5.52 Å². The van der Waals surface area contributed by atoms with Gasteiger partial charge in [-0.2, -0.15) is 5.10 Å². The van der Waals surface area contributed by atoms with Crippen molar-refractivity contribution < 1.29 is 9.90 Å². The van der Waals surface area contributed by atoms with Crippen LogP contribution in [0.3, 0.4) is 0 Å². The molecule has 0 spiro atoms. The number of anilines is 1. The highest BCUT2D eigenvalue weighted by Gasteiger charge is 2.29. The second-order valence-electron chi connectivity index (χ2n) is 9.29. The van der Waals surface area contributed by atoms with Crippen molar-refractivity contribution in [1.82, 2.24) is 15.1 Å². The van der Waals surface area contributed by atoms with Crippen LogP contribution in [0.4, 0.5) is 5.82 Å². The zero-order valence-corrected chi connectivity index (χ0v) is 19.8. The average Bonchev–Trinajstić information content (AvgIpc) is 3.16. The third kappa shape index (κ3) is 4.94. The predicted octanol–water partition coefficient (Wildman–Crippen LogP) is 5.21. The molecule has 1 saturated heterocycles. The predicted molar refractivity (Wildman–Crippen MR) is 130 cm³/mol. The highest BCUT2D eigenvalue weighted by molar-refractivity contribution is 6.39. The fourth-order valence-electron chi connectivity index (χ4n) is 4.27. The molecule has 1 aromatic heterocycles. The number of piperidine rings is 1. The van der Waals surface area contributed by atoms with Crippen molar-refractivity contribution >= 4 is 45.8 Å². The van der Waals surface area contributed by atoms with E-state index in [1.54, 1.807) is 12.1 Å². The molecule has 2 aromatic carbocycles. The van der Waals surface area contributed by atoms with Crippen LogP contribution < -0.4 is 5.32 Å². The van der Waals surface area contributed by atoms with Gasteiger partial charge < -0.3 is 15.3 Å². The molecule has 4 rings (SSSR count). The van der Waals surface area contributed by atoms with Gasteiger partial charge in [0.2, 0.25) is 5.91 Å². The number of hydrogen-bond donors (Lipinski definition) is 3. The number of rotatable bonds is 6. The monoisotopic (exact) mass is 474 g/mol. The minimum atomic E-state index is -0.134. The number of aromatic amines is 1. The standard InChI is InChI=1S/C24H28Cl2N4O2/c1-24(2,14-31)13-30-10-8-15(9-11-30)23(32)27-22-17-12-16(6-7-20(17)28-29-22)21-18(25)4-3-5-19(21)26/h3-7,12,15,31H,8-11,13-14H2,1-2H3,(H2,27,28,29,32). The van der Waals surface area contributed by atoms with Crippen molar-refractivity contribution in [3.63, 3.8) is 0 Å². The number of carbonyl (C=O) groups excluding carboxylic acids is 1. The minimum Gasteiger partial charge on any atom is -0.396 e. The number of aromatic nitrogens is 2. The van der Waals surface area contributed by atoms with Crippen molar-refractivity contribution in [3.8, 4) is 11.1 Å². The van der Waals surface area contributed by atoms with Crippen LogP contribution in [0.5, 0.6) is 0 Å². The van der Waals surface area contributed by atoms with Crippen molar-refractivity contribution in [2.24, 2.45) is 11.3 Å². The number of carbonyl (C=O) groups is 1. The Morgan fingerprint density at radius 3 is 2.56 bits per heavy atom. The van der Waals surface area contributed by atoms with E-state index in [1.165, 1.54) is 0 Å². The molecule has 2 heterocycles. The van der Waals surface area contributed by atoms with Gasteiger partial charge in [-0.15, -0.1) is 0 Å². The Morgan fingerprint density at radius 1 is 1.22 bits per heavy atom. The number of hydrogen-bond acceptors (Lipinski definition) is 4. The van der Waals surface area contributed by atoms with Gasteiger partial charge in [0, 0.05) is 45.5 Å². The van der Waals surface area contributed by atoms with Crippen LogP contribution in [0, 0.1) is 11.3 Å². The van der Waals surface area contributed by atoms with E-state index in [0.29, 0.717) is 15.9 Å². The molecule has 1 aliphatic rings. The second kappa shape index (κ2) is 9.40. The Labute approximate surface area is 197 Å². The Hall–Kier alpha value is -2.12. The topological polar surface area (TPSA) is 81.2 Å². The van der Waals surface area contributed by atoms with Crippen molar-refractivity contribution in [1.29, 1.82) is 0 Å². The molecule has 0 aliphatic carbocycles. The van der Waals surface area contributed by atoms with E-state index in [-0.39, 0.29) is 23.8 Å². The average molecular weight is 475 g/mol. The summed E-state index contributed by atoms with van der Waals surface area (Å²) in [6, 6.07) is 11.2. The number of aliphatic hydroxyl groups is 1. The maximum Gasteiger partial charge on any atom is 0.228 e. The summed E-state index contributed by atoms with van der Waals surface area (Å²) in [7, 11) is 0. The Bertz CT molecular complexity index is 1100. The zero-order valence-electron chi connectivity index (χ0n) is 18.3. The van der Waals surface area contributed by atoms with Gasteiger partial charge in [-0.05, 0) is 55.8 Å². The van der Waals surface area contributed by atoms with Gasteiger partial charge in [0.25, 0.3) is 0 Å². The first-order valence-corrected chi connectivity index (χ1v) is 11.6. The molecule has 8 heteroatoms. The fraction of sp³-hybridized carbons (Fsp3) is 0.417. The molecule has 1 fully saturated rings. The normalized spacial score (nSPS) is 15.9. The van der Waals surface area contributed by atoms with Crippen molar-refractivity contribution in [2.45, 2.75) is 26.7 Å². The molecule has 0 bridgehead atoms. The van der Waals surface area contributed by atoms with Crippen LogP contribution in [0.25, 0.3) is 22.0 Å². The van der Waals surface area contributed by atoms with Gasteiger partial charge in [-0.1, -0.05) is 49.2 Å². The number of nitrogens with zero attached hydrogens (tertiary/aromatic N) is 2. The molecule has 0 radical (unpaired) electrons. The van der Waals surface area contributed by atoms with Crippen LogP contribution in [0.15, 0.2) is 36.4 Å². The lowest BCUT2D eigenvalue weighted by molar-refractivity contribution is -0.121. The van der Waals surface area contributed by atoms with Crippen molar-refractivity contribution in [3.05, 3.63) is 46.4 Å². The molecule has 3 aromatic rings. The van der Waals surface area contributed by atoms with Gasteiger partial charge in [0.15, 0.2) is 5.82 Å². The van der Waals surface area contributed by atoms with Gasteiger partial charge in [-0.3, -0.25) is 9.89 Å². The van der Waals surface area contributed by atoms with Gasteiger partial charge in [0.1, 0.15) is 0 Å². The molecule has 0 saturated carbocycles. The maximum absolute atomic E-state index is 13.0. The van der Waals surface area contributed by atoms with E-state index in [0.717, 1.165) is 54.5 Å². The summed E-state index contributed by atoms with van der Waals surface area (Å²) in [4.78, 5) is 15.3. The number of fused-ring (bicyclic) bond motifs is 1. The first kappa shape index (κ1) is 23.1. The van der Waals surface area contributed by atoms with Gasteiger partial charge in [-0.25, -0.2) is 0 Å². The third-order valence-electron chi connectivity index (χ3n) is 6.09. The van der Waals surface area contributed by atoms with Crippen LogP contribution in [0.1, 0.15) is 26.7 Å². The largest absolute Gasteiger partial charge is 0.396 e. The lowest BCUT2D eigenvalue weighted by atomic mass is 9.90. The summed E-state index contributed by atoms with van der Waals surface area (Å²) < 4.78 is 0. The highest BCUT2D eigenvalue weighted by atomic mass is 35.5. The molecule has 170 valence electrons. The highest BCUT2D eigenvalue weighted by Crippen LogP contribution is 2.37. The second-order valence-corrected chi connectivity index (χ2v) is 10.1. The van der Waals surface area contributed by atoms with Gasteiger partial charge >= 0.3 is 0 Å². The third-order valence-corrected chi connectivity index (χ3v) is 6.72. The Morgan fingerprint density at radius 2 is 1.91 bits per heavy atom. The molecule has 1 aliphatic heterocycles. The molecule has 0 unspecified atom stereocenters. The SMILES string of the molecule is CC(C)(CO)CN1CCC(C(=O)Nc2n[nH]c3ccc(-c4c(Cl)cccc4Cl)cc23)CC1. The summed E-state index contributed by atoms with van der Waals surface area (Å²) in [5.41, 5.74) is 2.32. The zero-order chi connectivity index (χ0) is 22.9. The maximum atomic E-state index is 13.0. The number of aliphatic hydroxyl groups excluding tert-OH is 1. The lowest BCUT2D eigenvalue weighted by Gasteiger charge is -2.36. The number of benzene rings is 2. The first-order chi connectivity index (χ1) is 15.3. The van der Waals surface area contributed by atoms with Crippen LogP contribution in [0.2, 0.25) is 10.0 Å². The number of likely N-dealkylation sites (tertiary alicyclic amines) is 1. The van der Waals surface area contributed by atoms with E-state index in [4.69, 9.17) is 23.2 Å². The molecular formula is C24H28Cl2N4O2. The van der Waals surface area contributed by atoms with E-state index in [9.17, 15) is 9.90 Å². The number of amides is 1. The summed E-state index contributed by atoms with van der Waals surface area (Å²) in [5.74, 6) is 0.441. The summed E-state index contributed by atoms with van der Waals surface area (Å²) in [6.45, 7) is 6.78. The first-order valence-electron chi connectivity index (χ1n) is 10.8. The molecular weight excluding hydrogens is 447 g/mol. The number of nitrogens with one attached hydrogen (secondary N) is 2. The Kier molecular flexibility index (Phi) is 6.77. The van der Waals surface area contributed by atoms with E-state index in [1.807, 2.05) is 24.3 Å². The number of H-pyrrole nitrogens is 1. The molecule has 6 nitrogen and oxygen atoms in total. The fourth-order valence-corrected chi connectivity index (χ4v) is 4.88. The molecule has 0 atom stereocenters. The van der Waals surface area contributed by atoms with E-state index >= 15 is 0 Å². The quantitative estimate of drug-likeness (QED) is 0.458. The summed E-state index contributed by atoms with van der Waals surface area (Å²) in [6.07, 6.45) is 1.58. The summed E-state index contributed by atoms with van der Waals surface area (Å²) >= 11 is 12.8. The number of halogens is 2.